The van der Waals surface area contributed by atoms with E-state index >= 15 is 0 Å². The molecule has 2 fully saturated rings. The summed E-state index contributed by atoms with van der Waals surface area (Å²) < 4.78 is 11.2. The molecule has 3 heterocycles. The minimum atomic E-state index is -0.0405. The first kappa shape index (κ1) is 13.0. The summed E-state index contributed by atoms with van der Waals surface area (Å²) in [6.07, 6.45) is 3.41. The first-order chi connectivity index (χ1) is 9.31. The van der Waals surface area contributed by atoms with Gasteiger partial charge in [-0.2, -0.15) is 4.98 Å². The summed E-state index contributed by atoms with van der Waals surface area (Å²) in [5, 5.41) is 7.27. The molecule has 0 saturated carbocycles. The summed E-state index contributed by atoms with van der Waals surface area (Å²) in [6, 6.07) is 0.729. The van der Waals surface area contributed by atoms with Gasteiger partial charge in [0, 0.05) is 12.6 Å². The van der Waals surface area contributed by atoms with Gasteiger partial charge >= 0.3 is 0 Å². The third-order valence-electron chi connectivity index (χ3n) is 4.19. The number of aromatic nitrogens is 2. The van der Waals surface area contributed by atoms with Gasteiger partial charge in [0.2, 0.25) is 11.7 Å². The smallest absolute Gasteiger partial charge is 0.243 e. The van der Waals surface area contributed by atoms with Crippen LogP contribution in [0.2, 0.25) is 0 Å². The van der Waals surface area contributed by atoms with Crippen molar-refractivity contribution >= 4 is 0 Å². The van der Waals surface area contributed by atoms with Gasteiger partial charge in [0.05, 0.1) is 12.6 Å². The Labute approximate surface area is 113 Å². The van der Waals surface area contributed by atoms with Crippen LogP contribution in [0.5, 0.6) is 0 Å². The molecule has 6 nitrogen and oxygen atoms in total. The minimum absolute atomic E-state index is 0.0405. The van der Waals surface area contributed by atoms with Gasteiger partial charge in [-0.1, -0.05) is 12.1 Å². The number of morpholine rings is 1. The molecule has 0 aliphatic carbocycles. The van der Waals surface area contributed by atoms with E-state index in [1.54, 1.807) is 0 Å². The molecule has 1 N–H and O–H groups in total. The first-order valence-electron chi connectivity index (χ1n) is 7.18. The van der Waals surface area contributed by atoms with Gasteiger partial charge < -0.3 is 14.6 Å². The molecule has 0 amide bonds. The Balaban J connectivity index is 1.69. The van der Waals surface area contributed by atoms with Gasteiger partial charge in [0.15, 0.2) is 0 Å². The van der Waals surface area contributed by atoms with Crippen molar-refractivity contribution in [3.05, 3.63) is 11.7 Å². The molecule has 19 heavy (non-hydrogen) atoms. The normalized spacial score (nSPS) is 29.4. The van der Waals surface area contributed by atoms with E-state index in [1.165, 1.54) is 19.4 Å². The second-order valence-electron chi connectivity index (χ2n) is 5.35. The van der Waals surface area contributed by atoms with E-state index in [9.17, 15) is 0 Å². The summed E-state index contributed by atoms with van der Waals surface area (Å²) >= 11 is 0. The van der Waals surface area contributed by atoms with Crippen LogP contribution in [0.4, 0.5) is 0 Å². The molecule has 0 radical (unpaired) electrons. The average Bonchev–Trinajstić information content (AvgIpc) is 3.08. The fraction of sp³-hybridized carbons (Fsp3) is 0.846. The Bertz CT molecular complexity index is 419. The van der Waals surface area contributed by atoms with Gasteiger partial charge in [-0.3, -0.25) is 4.90 Å². The lowest BCUT2D eigenvalue weighted by molar-refractivity contribution is -0.0548. The van der Waals surface area contributed by atoms with E-state index in [1.807, 2.05) is 7.05 Å². The molecular weight excluding hydrogens is 244 g/mol. The Morgan fingerprint density at radius 2 is 2.42 bits per heavy atom. The van der Waals surface area contributed by atoms with Crippen molar-refractivity contribution in [1.82, 2.24) is 20.4 Å². The van der Waals surface area contributed by atoms with Crippen molar-refractivity contribution in [2.45, 2.75) is 44.4 Å². The quantitative estimate of drug-likeness (QED) is 0.885. The molecule has 0 bridgehead atoms. The van der Waals surface area contributed by atoms with Crippen molar-refractivity contribution in [2.24, 2.45) is 0 Å². The third-order valence-corrected chi connectivity index (χ3v) is 4.19. The van der Waals surface area contributed by atoms with Crippen LogP contribution in [0.1, 0.15) is 50.0 Å². The Kier molecular flexibility index (Phi) is 3.81. The minimum Gasteiger partial charge on any atom is -0.367 e. The number of nitrogens with one attached hydrogen (secondary N) is 1. The van der Waals surface area contributed by atoms with E-state index in [-0.39, 0.29) is 12.1 Å². The lowest BCUT2D eigenvalue weighted by Gasteiger charge is -2.33. The van der Waals surface area contributed by atoms with E-state index < -0.39 is 0 Å². The topological polar surface area (TPSA) is 63.4 Å². The Morgan fingerprint density at radius 1 is 1.53 bits per heavy atom. The number of hydrogen-bond donors (Lipinski definition) is 1. The Morgan fingerprint density at radius 3 is 3.21 bits per heavy atom. The van der Waals surface area contributed by atoms with Crippen molar-refractivity contribution in [2.75, 3.05) is 26.7 Å². The van der Waals surface area contributed by atoms with E-state index in [0.29, 0.717) is 17.8 Å². The molecule has 3 unspecified atom stereocenters. The highest BCUT2D eigenvalue weighted by molar-refractivity contribution is 4.99. The number of ether oxygens (including phenoxy) is 1. The Hall–Kier alpha value is -0.980. The molecule has 0 aromatic carbocycles. The van der Waals surface area contributed by atoms with Crippen molar-refractivity contribution in [1.29, 1.82) is 0 Å². The van der Waals surface area contributed by atoms with Crippen LogP contribution in [0.15, 0.2) is 4.52 Å². The molecule has 1 aromatic heterocycles. The highest BCUT2D eigenvalue weighted by atomic mass is 16.5. The number of hydrogen-bond acceptors (Lipinski definition) is 6. The number of fused-ring (bicyclic) bond motifs is 1. The zero-order valence-corrected chi connectivity index (χ0v) is 11.6. The van der Waals surface area contributed by atoms with Crippen LogP contribution in [0.25, 0.3) is 0 Å². The summed E-state index contributed by atoms with van der Waals surface area (Å²) in [5.74, 6) is 1.35. The molecule has 0 spiro atoms. The maximum Gasteiger partial charge on any atom is 0.243 e. The fourth-order valence-electron chi connectivity index (χ4n) is 3.00. The van der Waals surface area contributed by atoms with E-state index in [4.69, 9.17) is 9.26 Å². The fourth-order valence-corrected chi connectivity index (χ4v) is 3.00. The number of rotatable bonds is 4. The van der Waals surface area contributed by atoms with Crippen LogP contribution in [0.3, 0.4) is 0 Å². The van der Waals surface area contributed by atoms with Crippen molar-refractivity contribution in [3.8, 4) is 0 Å². The lowest BCUT2D eigenvalue weighted by atomic mass is 10.2. The van der Waals surface area contributed by atoms with Gasteiger partial charge in [-0.05, 0) is 32.9 Å². The molecular formula is C13H22N4O2. The maximum atomic E-state index is 5.89. The standard InChI is InChI=1S/C13H22N4O2/c1-3-10(14-2)13-15-12(16-19-13)11-7-17-6-4-5-9(17)8-18-11/h9-11,14H,3-8H2,1-2H3. The third kappa shape index (κ3) is 2.52. The molecule has 106 valence electrons. The second kappa shape index (κ2) is 5.56. The van der Waals surface area contributed by atoms with E-state index in [0.717, 1.165) is 19.6 Å². The summed E-state index contributed by atoms with van der Waals surface area (Å²) in [5.41, 5.74) is 0. The molecule has 2 saturated heterocycles. The summed E-state index contributed by atoms with van der Waals surface area (Å²) in [7, 11) is 1.91. The summed E-state index contributed by atoms with van der Waals surface area (Å²) in [4.78, 5) is 6.98. The summed E-state index contributed by atoms with van der Waals surface area (Å²) in [6.45, 7) is 4.94. The SMILES string of the molecule is CCC(NC)c1nc(C2CN3CCCC3CO2)no1. The van der Waals surface area contributed by atoms with Crippen molar-refractivity contribution < 1.29 is 9.26 Å². The van der Waals surface area contributed by atoms with Crippen LogP contribution in [-0.2, 0) is 4.74 Å². The molecule has 3 rings (SSSR count). The number of nitrogens with zero attached hydrogens (tertiary/aromatic N) is 3. The lowest BCUT2D eigenvalue weighted by Crippen LogP contribution is -2.42. The van der Waals surface area contributed by atoms with Crippen LogP contribution >= 0.6 is 0 Å². The highest BCUT2D eigenvalue weighted by Crippen LogP contribution is 2.29. The molecule has 2 aliphatic rings. The van der Waals surface area contributed by atoms with E-state index in [2.05, 4.69) is 27.3 Å². The largest absolute Gasteiger partial charge is 0.367 e. The van der Waals surface area contributed by atoms with Gasteiger partial charge in [0.1, 0.15) is 6.10 Å². The molecule has 3 atom stereocenters. The van der Waals surface area contributed by atoms with Crippen molar-refractivity contribution in [3.63, 3.8) is 0 Å². The zero-order chi connectivity index (χ0) is 13.2. The highest BCUT2D eigenvalue weighted by Gasteiger charge is 2.35. The average molecular weight is 266 g/mol. The monoisotopic (exact) mass is 266 g/mol. The van der Waals surface area contributed by atoms with Gasteiger partial charge in [0.25, 0.3) is 0 Å². The zero-order valence-electron chi connectivity index (χ0n) is 11.6. The maximum absolute atomic E-state index is 5.89. The van der Waals surface area contributed by atoms with Crippen LogP contribution in [-0.4, -0.2) is 47.8 Å². The van der Waals surface area contributed by atoms with Crippen LogP contribution in [0, 0.1) is 0 Å². The second-order valence-corrected chi connectivity index (χ2v) is 5.35. The predicted octanol–water partition coefficient (Wildman–Crippen LogP) is 1.28. The first-order valence-corrected chi connectivity index (χ1v) is 7.18. The molecule has 6 heteroatoms. The van der Waals surface area contributed by atoms with Gasteiger partial charge in [-0.15, -0.1) is 0 Å². The predicted molar refractivity (Wildman–Crippen MR) is 69.7 cm³/mol. The van der Waals surface area contributed by atoms with Crippen LogP contribution < -0.4 is 5.32 Å². The molecule has 2 aliphatic heterocycles. The molecule has 1 aromatic rings. The van der Waals surface area contributed by atoms with Gasteiger partial charge in [-0.25, -0.2) is 0 Å².